The molecule has 1 amide bonds. The molecule has 5 nitrogen and oxygen atoms in total. The second kappa shape index (κ2) is 5.97. The molecule has 1 aliphatic heterocycles. The lowest BCUT2D eigenvalue weighted by molar-refractivity contribution is 0.0766. The monoisotopic (exact) mass is 314 g/mol. The topological polar surface area (TPSA) is 64.2 Å². The van der Waals surface area contributed by atoms with Crippen LogP contribution in [-0.2, 0) is 12.5 Å². The van der Waals surface area contributed by atoms with Crippen LogP contribution in [0.5, 0.6) is 0 Å². The minimum absolute atomic E-state index is 0. The molecule has 0 spiro atoms. The fourth-order valence-electron chi connectivity index (χ4n) is 2.56. The summed E-state index contributed by atoms with van der Waals surface area (Å²) in [5, 5.41) is 4.48. The first kappa shape index (κ1) is 18.0. The van der Waals surface area contributed by atoms with Crippen molar-refractivity contribution in [3.63, 3.8) is 0 Å². The van der Waals surface area contributed by atoms with E-state index < -0.39 is 0 Å². The summed E-state index contributed by atoms with van der Waals surface area (Å²) in [6.07, 6.45) is 0.971. The maximum absolute atomic E-state index is 12.6. The summed E-state index contributed by atoms with van der Waals surface area (Å²) >= 11 is 0. The lowest BCUT2D eigenvalue weighted by Gasteiger charge is -2.22. The van der Waals surface area contributed by atoms with E-state index in [1.807, 2.05) is 18.0 Å². The van der Waals surface area contributed by atoms with Gasteiger partial charge in [-0.3, -0.25) is 9.48 Å². The van der Waals surface area contributed by atoms with Crippen molar-refractivity contribution in [1.29, 1.82) is 0 Å². The molecule has 1 saturated heterocycles. The Kier molecular flexibility index (Phi) is 5.11. The van der Waals surface area contributed by atoms with Gasteiger partial charge in [0.25, 0.3) is 5.91 Å². The lowest BCUT2D eigenvalue weighted by atomic mass is 9.90. The smallest absolute Gasteiger partial charge is 0.272 e. The van der Waals surface area contributed by atoms with E-state index in [1.54, 1.807) is 4.68 Å². The summed E-state index contributed by atoms with van der Waals surface area (Å²) in [5.41, 5.74) is 7.42. The van der Waals surface area contributed by atoms with Gasteiger partial charge >= 0.3 is 0 Å². The standard InChI is InChI=1S/C15H26N4O.ClH/c1-14(2,3)12-8-11(18(5)17-12)13(20)19-7-6-15(4,9-16)10-19;/h8H,6-7,9-10,16H2,1-5H3;1H. The maximum Gasteiger partial charge on any atom is 0.272 e. The molecule has 1 unspecified atom stereocenters. The van der Waals surface area contributed by atoms with Gasteiger partial charge in [0.15, 0.2) is 0 Å². The molecule has 1 fully saturated rings. The highest BCUT2D eigenvalue weighted by Gasteiger charge is 2.36. The predicted octanol–water partition coefficient (Wildman–Crippen LogP) is 1.95. The number of hydrogen-bond donors (Lipinski definition) is 1. The number of nitrogens with zero attached hydrogens (tertiary/aromatic N) is 3. The molecule has 0 aromatic carbocycles. The van der Waals surface area contributed by atoms with Crippen molar-refractivity contribution in [3.8, 4) is 0 Å². The Morgan fingerprint density at radius 3 is 2.52 bits per heavy atom. The summed E-state index contributed by atoms with van der Waals surface area (Å²) in [6.45, 7) is 10.6. The third kappa shape index (κ3) is 3.58. The second-order valence-electron chi connectivity index (χ2n) is 7.28. The maximum atomic E-state index is 12.6. The van der Waals surface area contributed by atoms with Crippen LogP contribution in [0, 0.1) is 5.41 Å². The van der Waals surface area contributed by atoms with Gasteiger partial charge in [-0.15, -0.1) is 12.4 Å². The molecule has 0 bridgehead atoms. The zero-order valence-electron chi connectivity index (χ0n) is 13.6. The van der Waals surface area contributed by atoms with Crippen LogP contribution in [0.15, 0.2) is 6.07 Å². The molecule has 1 aromatic heterocycles. The summed E-state index contributed by atoms with van der Waals surface area (Å²) in [4.78, 5) is 14.5. The second-order valence-corrected chi connectivity index (χ2v) is 7.28. The van der Waals surface area contributed by atoms with Crippen LogP contribution in [0.2, 0.25) is 0 Å². The highest BCUT2D eigenvalue weighted by molar-refractivity contribution is 5.93. The molecule has 2 heterocycles. The minimum Gasteiger partial charge on any atom is -0.337 e. The van der Waals surface area contributed by atoms with E-state index >= 15 is 0 Å². The van der Waals surface area contributed by atoms with Crippen LogP contribution in [0.4, 0.5) is 0 Å². The molecular formula is C15H27ClN4O. The van der Waals surface area contributed by atoms with Crippen molar-refractivity contribution in [2.75, 3.05) is 19.6 Å². The van der Waals surface area contributed by atoms with E-state index in [-0.39, 0.29) is 29.1 Å². The van der Waals surface area contributed by atoms with Gasteiger partial charge in [0.2, 0.25) is 0 Å². The van der Waals surface area contributed by atoms with E-state index in [2.05, 4.69) is 32.8 Å². The van der Waals surface area contributed by atoms with Gasteiger partial charge in [-0.2, -0.15) is 5.10 Å². The number of nitrogens with two attached hydrogens (primary N) is 1. The summed E-state index contributed by atoms with van der Waals surface area (Å²) < 4.78 is 1.70. The molecule has 2 rings (SSSR count). The van der Waals surface area contributed by atoms with Gasteiger partial charge in [0.1, 0.15) is 5.69 Å². The van der Waals surface area contributed by atoms with Crippen LogP contribution in [0.25, 0.3) is 0 Å². The number of halogens is 1. The van der Waals surface area contributed by atoms with E-state index in [9.17, 15) is 4.79 Å². The van der Waals surface area contributed by atoms with E-state index in [4.69, 9.17) is 5.73 Å². The normalized spacial score (nSPS) is 22.3. The fraction of sp³-hybridized carbons (Fsp3) is 0.733. The molecule has 0 radical (unpaired) electrons. The Morgan fingerprint density at radius 1 is 1.48 bits per heavy atom. The molecule has 1 atom stereocenters. The van der Waals surface area contributed by atoms with E-state index in [0.29, 0.717) is 12.2 Å². The molecule has 6 heteroatoms. The number of hydrogen-bond acceptors (Lipinski definition) is 3. The summed E-state index contributed by atoms with van der Waals surface area (Å²) in [6, 6.07) is 1.92. The van der Waals surface area contributed by atoms with Gasteiger partial charge in [-0.1, -0.05) is 27.7 Å². The Hall–Kier alpha value is -1.07. The third-order valence-electron chi connectivity index (χ3n) is 4.21. The van der Waals surface area contributed by atoms with Crippen LogP contribution in [0.1, 0.15) is 50.3 Å². The van der Waals surface area contributed by atoms with Crippen molar-refractivity contribution in [2.24, 2.45) is 18.2 Å². The van der Waals surface area contributed by atoms with Crippen molar-refractivity contribution in [1.82, 2.24) is 14.7 Å². The molecule has 2 N–H and O–H groups in total. The quantitative estimate of drug-likeness (QED) is 0.907. The summed E-state index contributed by atoms with van der Waals surface area (Å²) in [7, 11) is 1.83. The van der Waals surface area contributed by atoms with Crippen molar-refractivity contribution in [3.05, 3.63) is 17.5 Å². The molecule has 1 aromatic rings. The van der Waals surface area contributed by atoms with E-state index in [0.717, 1.165) is 25.2 Å². The van der Waals surface area contributed by atoms with Gasteiger partial charge in [0, 0.05) is 25.6 Å². The number of carbonyl (C=O) groups is 1. The van der Waals surface area contributed by atoms with Crippen LogP contribution in [0.3, 0.4) is 0 Å². The average Bonchev–Trinajstić information content (AvgIpc) is 2.92. The number of carbonyl (C=O) groups excluding carboxylic acids is 1. The van der Waals surface area contributed by atoms with E-state index in [1.165, 1.54) is 0 Å². The van der Waals surface area contributed by atoms with Gasteiger partial charge < -0.3 is 10.6 Å². The molecule has 0 saturated carbocycles. The van der Waals surface area contributed by atoms with Gasteiger partial charge in [-0.05, 0) is 24.4 Å². The first-order valence-corrected chi connectivity index (χ1v) is 7.20. The van der Waals surface area contributed by atoms with Crippen LogP contribution < -0.4 is 5.73 Å². The molecule has 120 valence electrons. The number of aromatic nitrogens is 2. The molecule has 21 heavy (non-hydrogen) atoms. The first-order chi connectivity index (χ1) is 9.16. The molecule has 0 aliphatic carbocycles. The fourth-order valence-corrected chi connectivity index (χ4v) is 2.56. The average molecular weight is 315 g/mol. The summed E-state index contributed by atoms with van der Waals surface area (Å²) in [5.74, 6) is 0.0627. The zero-order chi connectivity index (χ0) is 15.1. The third-order valence-corrected chi connectivity index (χ3v) is 4.21. The Bertz CT molecular complexity index is 520. The van der Waals surface area contributed by atoms with Crippen LogP contribution >= 0.6 is 12.4 Å². The van der Waals surface area contributed by atoms with Crippen molar-refractivity contribution < 1.29 is 4.79 Å². The Morgan fingerprint density at radius 2 is 2.10 bits per heavy atom. The number of aryl methyl sites for hydroxylation is 1. The minimum atomic E-state index is -0.0485. The molecule has 1 aliphatic rings. The SMILES string of the molecule is Cl.Cn1nc(C(C)(C)C)cc1C(=O)N1CCC(C)(CN)C1. The number of rotatable bonds is 2. The van der Waals surface area contributed by atoms with Gasteiger partial charge in [0.05, 0.1) is 5.69 Å². The zero-order valence-corrected chi connectivity index (χ0v) is 14.5. The highest BCUT2D eigenvalue weighted by atomic mass is 35.5. The Balaban J connectivity index is 0.00000220. The molecular weight excluding hydrogens is 288 g/mol. The highest BCUT2D eigenvalue weighted by Crippen LogP contribution is 2.30. The Labute approximate surface area is 133 Å². The van der Waals surface area contributed by atoms with Crippen LogP contribution in [-0.4, -0.2) is 40.2 Å². The van der Waals surface area contributed by atoms with Crippen molar-refractivity contribution >= 4 is 18.3 Å². The lowest BCUT2D eigenvalue weighted by Crippen LogP contribution is -2.35. The first-order valence-electron chi connectivity index (χ1n) is 7.20. The van der Waals surface area contributed by atoms with Gasteiger partial charge in [-0.25, -0.2) is 0 Å². The number of likely N-dealkylation sites (tertiary alicyclic amines) is 1. The predicted molar refractivity (Wildman–Crippen MR) is 86.8 cm³/mol. The largest absolute Gasteiger partial charge is 0.337 e. The number of amides is 1. The van der Waals surface area contributed by atoms with Crippen molar-refractivity contribution in [2.45, 2.75) is 39.5 Å².